The molecule has 0 heterocycles. The molecule has 0 amide bonds. The van der Waals surface area contributed by atoms with Crippen molar-refractivity contribution in [2.24, 2.45) is 5.73 Å². The van der Waals surface area contributed by atoms with Crippen molar-refractivity contribution in [2.75, 3.05) is 0 Å². The lowest BCUT2D eigenvalue weighted by Crippen LogP contribution is -2.14. The number of rotatable bonds is 4. The van der Waals surface area contributed by atoms with E-state index in [1.807, 2.05) is 0 Å². The topological polar surface area (TPSA) is 59.1 Å². The third kappa shape index (κ3) is 2.93. The van der Waals surface area contributed by atoms with Crippen molar-refractivity contribution in [2.45, 2.75) is 13.5 Å². The summed E-state index contributed by atoms with van der Waals surface area (Å²) >= 11 is 0. The van der Waals surface area contributed by atoms with Crippen LogP contribution in [-0.2, 0) is 6.61 Å². The molecule has 2 aromatic carbocycles. The van der Waals surface area contributed by atoms with E-state index in [0.29, 0.717) is 5.75 Å². The average Bonchev–Trinajstić information content (AvgIpc) is 2.41. The van der Waals surface area contributed by atoms with Gasteiger partial charge in [-0.05, 0) is 24.6 Å². The summed E-state index contributed by atoms with van der Waals surface area (Å²) in [7, 11) is 0. The van der Waals surface area contributed by atoms with Gasteiger partial charge in [0.25, 0.3) is 0 Å². The van der Waals surface area contributed by atoms with Gasteiger partial charge in [-0.25, -0.2) is 8.78 Å². The second-order valence-electron chi connectivity index (χ2n) is 4.39. The highest BCUT2D eigenvalue weighted by molar-refractivity contribution is 5.95. The van der Waals surface area contributed by atoms with Crippen LogP contribution in [0.25, 0.3) is 0 Å². The third-order valence-corrected chi connectivity index (χ3v) is 2.90. The Balaban J connectivity index is 2.21. The first-order valence-electron chi connectivity index (χ1n) is 6.00. The zero-order chi connectivity index (χ0) is 14.7. The Labute approximate surface area is 115 Å². The lowest BCUT2D eigenvalue weighted by atomic mass is 10.1. The molecule has 3 N–H and O–H groups in total. The van der Waals surface area contributed by atoms with Crippen molar-refractivity contribution in [1.82, 2.24) is 0 Å². The van der Waals surface area contributed by atoms with E-state index in [2.05, 4.69) is 0 Å². The molecular formula is C15H14F2N2O. The highest BCUT2D eigenvalue weighted by Gasteiger charge is 2.11. The molecule has 3 nitrogen and oxygen atoms in total. The van der Waals surface area contributed by atoms with Crippen LogP contribution in [-0.4, -0.2) is 5.84 Å². The highest BCUT2D eigenvalue weighted by Crippen LogP contribution is 2.21. The largest absolute Gasteiger partial charge is 0.488 e. The SMILES string of the molecule is Cc1ccc(F)cc1OCc1cccc(C(=N)N)c1F. The quantitative estimate of drug-likeness (QED) is 0.665. The fourth-order valence-electron chi connectivity index (χ4n) is 1.78. The molecule has 0 radical (unpaired) electrons. The summed E-state index contributed by atoms with van der Waals surface area (Å²) < 4.78 is 32.6. The Morgan fingerprint density at radius 2 is 2.00 bits per heavy atom. The normalized spacial score (nSPS) is 10.3. The van der Waals surface area contributed by atoms with Crippen molar-refractivity contribution in [3.05, 3.63) is 64.7 Å². The summed E-state index contributed by atoms with van der Waals surface area (Å²) in [6.45, 7) is 1.72. The molecule has 0 atom stereocenters. The molecule has 0 aliphatic carbocycles. The standard InChI is InChI=1S/C15H14F2N2O/c1-9-5-6-11(16)7-13(9)20-8-10-3-2-4-12(14(10)17)15(18)19/h2-7H,8H2,1H3,(H3,18,19). The summed E-state index contributed by atoms with van der Waals surface area (Å²) in [5.74, 6) is -0.985. The average molecular weight is 276 g/mol. The maximum absolute atomic E-state index is 14.0. The molecule has 0 spiro atoms. The number of hydrogen-bond acceptors (Lipinski definition) is 2. The number of nitrogen functional groups attached to an aromatic ring is 1. The number of benzene rings is 2. The molecule has 2 aromatic rings. The maximum Gasteiger partial charge on any atom is 0.140 e. The van der Waals surface area contributed by atoms with Crippen molar-refractivity contribution in [3.63, 3.8) is 0 Å². The smallest absolute Gasteiger partial charge is 0.140 e. The van der Waals surface area contributed by atoms with Gasteiger partial charge < -0.3 is 10.5 Å². The molecule has 20 heavy (non-hydrogen) atoms. The summed E-state index contributed by atoms with van der Waals surface area (Å²) in [6.07, 6.45) is 0. The Morgan fingerprint density at radius 1 is 1.25 bits per heavy atom. The van der Waals surface area contributed by atoms with Crippen LogP contribution in [0.4, 0.5) is 8.78 Å². The Kier molecular flexibility index (Phi) is 3.98. The van der Waals surface area contributed by atoms with Gasteiger partial charge in [0.1, 0.15) is 29.8 Å². The van der Waals surface area contributed by atoms with Crippen LogP contribution < -0.4 is 10.5 Å². The number of halogens is 2. The zero-order valence-corrected chi connectivity index (χ0v) is 10.9. The van der Waals surface area contributed by atoms with Crippen LogP contribution in [0, 0.1) is 24.0 Å². The molecule has 0 aliphatic heterocycles. The van der Waals surface area contributed by atoms with Gasteiger partial charge in [0.05, 0.1) is 5.56 Å². The molecule has 0 fully saturated rings. The summed E-state index contributed by atoms with van der Waals surface area (Å²) in [6, 6.07) is 8.73. The van der Waals surface area contributed by atoms with E-state index < -0.39 is 11.6 Å². The molecule has 0 saturated carbocycles. The van der Waals surface area contributed by atoms with Crippen molar-refractivity contribution < 1.29 is 13.5 Å². The highest BCUT2D eigenvalue weighted by atomic mass is 19.1. The van der Waals surface area contributed by atoms with E-state index in [1.54, 1.807) is 19.1 Å². The predicted octanol–water partition coefficient (Wildman–Crippen LogP) is 3.14. The molecule has 0 saturated heterocycles. The summed E-state index contributed by atoms with van der Waals surface area (Å²) in [5, 5.41) is 7.28. The van der Waals surface area contributed by atoms with E-state index in [0.717, 1.165) is 5.56 Å². The minimum atomic E-state index is -0.589. The van der Waals surface area contributed by atoms with Gasteiger partial charge in [-0.3, -0.25) is 5.41 Å². The summed E-state index contributed by atoms with van der Waals surface area (Å²) in [4.78, 5) is 0. The zero-order valence-electron chi connectivity index (χ0n) is 10.9. The first-order chi connectivity index (χ1) is 9.49. The first-order valence-corrected chi connectivity index (χ1v) is 6.00. The molecule has 0 bridgehead atoms. The van der Waals surface area contributed by atoms with Crippen molar-refractivity contribution >= 4 is 5.84 Å². The number of nitrogens with one attached hydrogen (secondary N) is 1. The summed E-state index contributed by atoms with van der Waals surface area (Å²) in [5.41, 5.74) is 6.34. The van der Waals surface area contributed by atoms with Crippen LogP contribution in [0.2, 0.25) is 0 Å². The minimum Gasteiger partial charge on any atom is -0.488 e. The monoisotopic (exact) mass is 276 g/mol. The molecule has 5 heteroatoms. The number of amidine groups is 1. The number of nitrogens with two attached hydrogens (primary N) is 1. The van der Waals surface area contributed by atoms with E-state index >= 15 is 0 Å². The van der Waals surface area contributed by atoms with Crippen LogP contribution in [0.1, 0.15) is 16.7 Å². The van der Waals surface area contributed by atoms with Crippen LogP contribution >= 0.6 is 0 Å². The van der Waals surface area contributed by atoms with E-state index in [1.165, 1.54) is 24.3 Å². The molecule has 2 rings (SSSR count). The molecule has 0 aliphatic rings. The minimum absolute atomic E-state index is 0.0297. The van der Waals surface area contributed by atoms with E-state index in [9.17, 15) is 8.78 Å². The van der Waals surface area contributed by atoms with Gasteiger partial charge in [0.15, 0.2) is 0 Å². The Bertz CT molecular complexity index is 656. The van der Waals surface area contributed by atoms with Crippen molar-refractivity contribution in [3.8, 4) is 5.75 Å². The number of hydrogen-bond donors (Lipinski definition) is 2. The van der Waals surface area contributed by atoms with Gasteiger partial charge >= 0.3 is 0 Å². The molecular weight excluding hydrogens is 262 g/mol. The number of aryl methyl sites for hydroxylation is 1. The van der Waals surface area contributed by atoms with E-state index in [-0.39, 0.29) is 23.6 Å². The Hall–Kier alpha value is -2.43. The molecule has 0 unspecified atom stereocenters. The van der Waals surface area contributed by atoms with Gasteiger partial charge in [-0.2, -0.15) is 0 Å². The van der Waals surface area contributed by atoms with Crippen molar-refractivity contribution in [1.29, 1.82) is 5.41 Å². The second-order valence-corrected chi connectivity index (χ2v) is 4.39. The van der Waals surface area contributed by atoms with E-state index in [4.69, 9.17) is 15.9 Å². The fourth-order valence-corrected chi connectivity index (χ4v) is 1.78. The van der Waals surface area contributed by atoms with Gasteiger partial charge in [0.2, 0.25) is 0 Å². The van der Waals surface area contributed by atoms with Gasteiger partial charge in [-0.15, -0.1) is 0 Å². The Morgan fingerprint density at radius 3 is 2.70 bits per heavy atom. The number of ether oxygens (including phenoxy) is 1. The van der Waals surface area contributed by atoms with Crippen LogP contribution in [0.3, 0.4) is 0 Å². The van der Waals surface area contributed by atoms with Gasteiger partial charge in [0, 0.05) is 11.6 Å². The second kappa shape index (κ2) is 5.69. The third-order valence-electron chi connectivity index (χ3n) is 2.90. The fraction of sp³-hybridized carbons (Fsp3) is 0.133. The van der Waals surface area contributed by atoms with Gasteiger partial charge in [-0.1, -0.05) is 18.2 Å². The molecule has 104 valence electrons. The first kappa shape index (κ1) is 14.0. The van der Waals surface area contributed by atoms with Crippen LogP contribution in [0.5, 0.6) is 5.75 Å². The predicted molar refractivity (Wildman–Crippen MR) is 72.9 cm³/mol. The lowest BCUT2D eigenvalue weighted by Gasteiger charge is -2.11. The maximum atomic E-state index is 14.0. The van der Waals surface area contributed by atoms with Crippen LogP contribution in [0.15, 0.2) is 36.4 Å². The lowest BCUT2D eigenvalue weighted by molar-refractivity contribution is 0.296. The molecule has 0 aromatic heterocycles.